The number of carbonyl (C=O) groups excluding carboxylic acids is 1. The lowest BCUT2D eigenvalue weighted by Gasteiger charge is -2.03. The molecular weight excluding hydrogens is 176 g/mol. The second-order valence-corrected chi connectivity index (χ2v) is 3.27. The van der Waals surface area contributed by atoms with Gasteiger partial charge in [-0.1, -0.05) is 6.08 Å². The Balaban J connectivity index is 2.63. The molecule has 0 unspecified atom stereocenters. The molecule has 1 amide bonds. The molecule has 14 heavy (non-hydrogen) atoms. The van der Waals surface area contributed by atoms with Gasteiger partial charge < -0.3 is 9.88 Å². The standard InChI is InChI=1S/C11H16N2O/c1-9(11(14)12-3)6-8-13-7-4-5-10(13)2/h4-7H,8H2,1-3H3,(H,12,14)/b9-6+. The van der Waals surface area contributed by atoms with E-state index >= 15 is 0 Å². The van der Waals surface area contributed by atoms with Crippen LogP contribution in [0.15, 0.2) is 30.0 Å². The number of nitrogens with zero attached hydrogens (tertiary/aromatic N) is 1. The second kappa shape index (κ2) is 4.65. The van der Waals surface area contributed by atoms with Crippen LogP contribution < -0.4 is 5.32 Å². The molecule has 0 atom stereocenters. The predicted octanol–water partition coefficient (Wildman–Crippen LogP) is 1.49. The fourth-order valence-corrected chi connectivity index (χ4v) is 1.23. The molecule has 1 rings (SSSR count). The average molecular weight is 192 g/mol. The SMILES string of the molecule is CNC(=O)/C(C)=C/Cn1cccc1C. The summed E-state index contributed by atoms with van der Waals surface area (Å²) in [5.41, 5.74) is 1.95. The van der Waals surface area contributed by atoms with Crippen LogP contribution in [-0.2, 0) is 11.3 Å². The molecule has 0 bridgehead atoms. The molecule has 0 saturated heterocycles. The van der Waals surface area contributed by atoms with E-state index in [1.807, 2.05) is 38.3 Å². The van der Waals surface area contributed by atoms with Crippen molar-refractivity contribution in [3.05, 3.63) is 35.7 Å². The monoisotopic (exact) mass is 192 g/mol. The molecule has 1 N–H and O–H groups in total. The van der Waals surface area contributed by atoms with Crippen LogP contribution in [0.1, 0.15) is 12.6 Å². The summed E-state index contributed by atoms with van der Waals surface area (Å²) in [6.07, 6.45) is 3.93. The zero-order chi connectivity index (χ0) is 10.6. The molecule has 1 heterocycles. The highest BCUT2D eigenvalue weighted by Crippen LogP contribution is 2.01. The molecule has 0 radical (unpaired) electrons. The van der Waals surface area contributed by atoms with Crippen LogP contribution in [0.25, 0.3) is 0 Å². The summed E-state index contributed by atoms with van der Waals surface area (Å²) >= 11 is 0. The van der Waals surface area contributed by atoms with Crippen molar-refractivity contribution in [1.29, 1.82) is 0 Å². The number of rotatable bonds is 3. The molecule has 0 fully saturated rings. The first-order valence-corrected chi connectivity index (χ1v) is 4.65. The number of hydrogen-bond acceptors (Lipinski definition) is 1. The average Bonchev–Trinajstić information content (AvgIpc) is 2.59. The summed E-state index contributed by atoms with van der Waals surface area (Å²) < 4.78 is 2.09. The number of likely N-dealkylation sites (N-methyl/N-ethyl adjacent to an activating group) is 1. The van der Waals surface area contributed by atoms with Crippen molar-refractivity contribution in [2.75, 3.05) is 7.05 Å². The van der Waals surface area contributed by atoms with Gasteiger partial charge in [-0.15, -0.1) is 0 Å². The second-order valence-electron chi connectivity index (χ2n) is 3.27. The smallest absolute Gasteiger partial charge is 0.246 e. The van der Waals surface area contributed by atoms with Crippen LogP contribution >= 0.6 is 0 Å². The maximum Gasteiger partial charge on any atom is 0.246 e. The Morgan fingerprint density at radius 3 is 2.86 bits per heavy atom. The van der Waals surface area contributed by atoms with Crippen molar-refractivity contribution in [3.63, 3.8) is 0 Å². The van der Waals surface area contributed by atoms with E-state index in [1.165, 1.54) is 5.69 Å². The molecule has 76 valence electrons. The first kappa shape index (κ1) is 10.6. The van der Waals surface area contributed by atoms with Crippen molar-refractivity contribution in [2.24, 2.45) is 0 Å². The van der Waals surface area contributed by atoms with Gasteiger partial charge in [0, 0.05) is 31.1 Å². The summed E-state index contributed by atoms with van der Waals surface area (Å²) in [7, 11) is 1.64. The van der Waals surface area contributed by atoms with Crippen LogP contribution in [0.3, 0.4) is 0 Å². The minimum atomic E-state index is -0.0187. The Morgan fingerprint density at radius 2 is 2.36 bits per heavy atom. The summed E-state index contributed by atoms with van der Waals surface area (Å²) in [6.45, 7) is 4.61. The van der Waals surface area contributed by atoms with E-state index < -0.39 is 0 Å². The maximum absolute atomic E-state index is 11.2. The van der Waals surface area contributed by atoms with E-state index in [9.17, 15) is 4.79 Å². The molecule has 1 aromatic heterocycles. The summed E-state index contributed by atoms with van der Waals surface area (Å²) in [5.74, 6) is -0.0187. The van der Waals surface area contributed by atoms with E-state index in [0.29, 0.717) is 0 Å². The number of nitrogens with one attached hydrogen (secondary N) is 1. The summed E-state index contributed by atoms with van der Waals surface area (Å²) in [5, 5.41) is 2.59. The van der Waals surface area contributed by atoms with Gasteiger partial charge in [-0.3, -0.25) is 4.79 Å². The van der Waals surface area contributed by atoms with Crippen molar-refractivity contribution < 1.29 is 4.79 Å². The third kappa shape index (κ3) is 2.49. The van der Waals surface area contributed by atoms with E-state index in [1.54, 1.807) is 7.05 Å². The van der Waals surface area contributed by atoms with Gasteiger partial charge in [-0.05, 0) is 26.0 Å². The molecular formula is C11H16N2O. The highest BCUT2D eigenvalue weighted by molar-refractivity contribution is 5.92. The van der Waals surface area contributed by atoms with E-state index in [-0.39, 0.29) is 5.91 Å². The molecule has 0 aliphatic heterocycles. The molecule has 0 aliphatic rings. The molecule has 1 aromatic rings. The van der Waals surface area contributed by atoms with Gasteiger partial charge >= 0.3 is 0 Å². The van der Waals surface area contributed by atoms with Gasteiger partial charge in [0.2, 0.25) is 5.91 Å². The van der Waals surface area contributed by atoms with Crippen molar-refractivity contribution >= 4 is 5.91 Å². The first-order valence-electron chi connectivity index (χ1n) is 4.65. The predicted molar refractivity (Wildman–Crippen MR) is 57.0 cm³/mol. The molecule has 3 heteroatoms. The fourth-order valence-electron chi connectivity index (χ4n) is 1.23. The van der Waals surface area contributed by atoms with E-state index in [2.05, 4.69) is 9.88 Å². The lowest BCUT2D eigenvalue weighted by Crippen LogP contribution is -2.18. The van der Waals surface area contributed by atoms with E-state index in [0.717, 1.165) is 12.1 Å². The Hall–Kier alpha value is -1.51. The Labute approximate surface area is 84.4 Å². The van der Waals surface area contributed by atoms with Gasteiger partial charge in [-0.25, -0.2) is 0 Å². The molecule has 0 spiro atoms. The minimum absolute atomic E-state index is 0.0187. The Kier molecular flexibility index (Phi) is 3.51. The number of hydrogen-bond donors (Lipinski definition) is 1. The van der Waals surface area contributed by atoms with Gasteiger partial charge in [0.15, 0.2) is 0 Å². The molecule has 0 saturated carbocycles. The summed E-state index contributed by atoms with van der Waals surface area (Å²) in [6, 6.07) is 4.04. The van der Waals surface area contributed by atoms with Crippen LogP contribution in [0, 0.1) is 6.92 Å². The molecule has 0 aromatic carbocycles. The number of amides is 1. The van der Waals surface area contributed by atoms with Gasteiger partial charge in [0.25, 0.3) is 0 Å². The summed E-state index contributed by atoms with van der Waals surface area (Å²) in [4.78, 5) is 11.2. The number of carbonyl (C=O) groups is 1. The quantitative estimate of drug-likeness (QED) is 0.723. The van der Waals surface area contributed by atoms with Crippen molar-refractivity contribution in [3.8, 4) is 0 Å². The van der Waals surface area contributed by atoms with Gasteiger partial charge in [0.1, 0.15) is 0 Å². The van der Waals surface area contributed by atoms with Crippen LogP contribution in [-0.4, -0.2) is 17.5 Å². The Bertz CT molecular complexity index is 350. The zero-order valence-corrected chi connectivity index (χ0v) is 8.87. The van der Waals surface area contributed by atoms with Crippen LogP contribution in [0.4, 0.5) is 0 Å². The third-order valence-corrected chi connectivity index (χ3v) is 2.24. The number of aryl methyl sites for hydroxylation is 1. The fraction of sp³-hybridized carbons (Fsp3) is 0.364. The third-order valence-electron chi connectivity index (χ3n) is 2.24. The first-order chi connectivity index (χ1) is 6.65. The van der Waals surface area contributed by atoms with Crippen LogP contribution in [0.5, 0.6) is 0 Å². The molecule has 3 nitrogen and oxygen atoms in total. The lowest BCUT2D eigenvalue weighted by molar-refractivity contribution is -0.117. The minimum Gasteiger partial charge on any atom is -0.355 e. The van der Waals surface area contributed by atoms with Crippen LogP contribution in [0.2, 0.25) is 0 Å². The van der Waals surface area contributed by atoms with Crippen molar-refractivity contribution in [1.82, 2.24) is 9.88 Å². The largest absolute Gasteiger partial charge is 0.355 e. The number of aromatic nitrogens is 1. The Morgan fingerprint density at radius 1 is 1.64 bits per heavy atom. The highest BCUT2D eigenvalue weighted by atomic mass is 16.1. The number of allylic oxidation sites excluding steroid dienone is 1. The van der Waals surface area contributed by atoms with E-state index in [4.69, 9.17) is 0 Å². The van der Waals surface area contributed by atoms with Gasteiger partial charge in [-0.2, -0.15) is 0 Å². The van der Waals surface area contributed by atoms with Gasteiger partial charge in [0.05, 0.1) is 0 Å². The molecule has 0 aliphatic carbocycles. The maximum atomic E-state index is 11.2. The lowest BCUT2D eigenvalue weighted by atomic mass is 10.2. The van der Waals surface area contributed by atoms with Crippen molar-refractivity contribution in [2.45, 2.75) is 20.4 Å². The normalized spacial score (nSPS) is 11.5. The highest BCUT2D eigenvalue weighted by Gasteiger charge is 1.99. The topological polar surface area (TPSA) is 34.0 Å². The zero-order valence-electron chi connectivity index (χ0n) is 8.87.